The lowest BCUT2D eigenvalue weighted by Gasteiger charge is -2.27. The smallest absolute Gasteiger partial charge is 0.343 e. The van der Waals surface area contributed by atoms with Crippen molar-refractivity contribution in [1.82, 2.24) is 0 Å². The van der Waals surface area contributed by atoms with Crippen molar-refractivity contribution in [2.75, 3.05) is 13.7 Å². The van der Waals surface area contributed by atoms with E-state index in [9.17, 15) is 10.1 Å². The van der Waals surface area contributed by atoms with Gasteiger partial charge in [-0.25, -0.2) is 4.79 Å². The summed E-state index contributed by atoms with van der Waals surface area (Å²) in [6, 6.07) is 20.3. The number of carbonyl (C=O) groups is 1. The molecule has 4 rings (SSSR count). The highest BCUT2D eigenvalue weighted by molar-refractivity contribution is 5.91. The van der Waals surface area contributed by atoms with Crippen LogP contribution in [0.3, 0.4) is 0 Å². The quantitative estimate of drug-likeness (QED) is 0.158. The van der Waals surface area contributed by atoms with Crippen LogP contribution in [0.1, 0.15) is 86.3 Å². The minimum atomic E-state index is -0.494. The van der Waals surface area contributed by atoms with Crippen LogP contribution in [-0.4, -0.2) is 19.7 Å². The number of ether oxygens (including phenoxy) is 4. The monoisotopic (exact) mass is 554 g/mol. The molecule has 3 aromatic carbocycles. The number of esters is 1. The summed E-state index contributed by atoms with van der Waals surface area (Å²) in [6.45, 7) is 9.13. The molecule has 0 amide bonds. The van der Waals surface area contributed by atoms with Crippen molar-refractivity contribution in [3.05, 3.63) is 94.4 Å². The zero-order valence-corrected chi connectivity index (χ0v) is 24.5. The van der Waals surface area contributed by atoms with Crippen molar-refractivity contribution in [1.29, 1.82) is 5.26 Å². The molecule has 2 N–H and O–H groups in total. The lowest BCUT2D eigenvalue weighted by molar-refractivity contribution is 0.0734. The summed E-state index contributed by atoms with van der Waals surface area (Å²) in [7, 11) is 1.59. The normalized spacial score (nSPS) is 14.5. The highest BCUT2D eigenvalue weighted by Crippen LogP contribution is 2.45. The highest BCUT2D eigenvalue weighted by Gasteiger charge is 2.32. The van der Waals surface area contributed by atoms with E-state index in [0.29, 0.717) is 35.2 Å². The van der Waals surface area contributed by atoms with Crippen LogP contribution in [0.5, 0.6) is 23.0 Å². The summed E-state index contributed by atoms with van der Waals surface area (Å²) in [5.41, 5.74) is 9.56. The molecule has 3 aromatic rings. The topological polar surface area (TPSA) is 104 Å². The van der Waals surface area contributed by atoms with Crippen LogP contribution in [-0.2, 0) is 5.41 Å². The molecule has 0 saturated heterocycles. The third-order valence-corrected chi connectivity index (χ3v) is 7.16. The fourth-order valence-corrected chi connectivity index (χ4v) is 4.81. The van der Waals surface area contributed by atoms with E-state index in [1.165, 1.54) is 6.42 Å². The Labute approximate surface area is 242 Å². The van der Waals surface area contributed by atoms with Gasteiger partial charge in [0.05, 0.1) is 25.2 Å². The Morgan fingerprint density at radius 1 is 1.00 bits per heavy atom. The van der Waals surface area contributed by atoms with Gasteiger partial charge in [0.15, 0.2) is 11.5 Å². The molecule has 1 aliphatic heterocycles. The Kier molecular flexibility index (Phi) is 9.24. The summed E-state index contributed by atoms with van der Waals surface area (Å²) in [5.74, 6) is 0.972. The Bertz CT molecular complexity index is 1460. The van der Waals surface area contributed by atoms with Crippen LogP contribution < -0.4 is 24.7 Å². The van der Waals surface area contributed by atoms with E-state index >= 15 is 0 Å². The van der Waals surface area contributed by atoms with Gasteiger partial charge >= 0.3 is 5.97 Å². The Morgan fingerprint density at radius 2 is 1.76 bits per heavy atom. The molecule has 0 bridgehead atoms. The predicted molar refractivity (Wildman–Crippen MR) is 158 cm³/mol. The van der Waals surface area contributed by atoms with Gasteiger partial charge in [-0.1, -0.05) is 71.2 Å². The number of hydrogen-bond acceptors (Lipinski definition) is 7. The standard InChI is InChI=1S/C34H38N2O5/c1-6-7-8-9-18-39-28-17-12-23(19-30(28)38-5)31-26-16-15-25(20-29(26)41-32(36)27(31)21-35)40-33(37)22-10-13-24(14-11-22)34(2,3)4/h10-17,19-20,31H,6-9,18,36H2,1-5H3. The van der Waals surface area contributed by atoms with Gasteiger partial charge in [-0.3, -0.25) is 0 Å². The van der Waals surface area contributed by atoms with Crippen molar-refractivity contribution in [3.8, 4) is 29.1 Å². The number of methoxy groups -OCH3 is 1. The number of allylic oxidation sites excluding steroid dienone is 1. The second-order valence-corrected chi connectivity index (χ2v) is 11.2. The summed E-state index contributed by atoms with van der Waals surface area (Å²) >= 11 is 0. The first-order chi connectivity index (χ1) is 19.7. The van der Waals surface area contributed by atoms with Crippen molar-refractivity contribution in [2.45, 2.75) is 64.7 Å². The molecule has 214 valence electrons. The van der Waals surface area contributed by atoms with Gasteiger partial charge < -0.3 is 24.7 Å². The maximum atomic E-state index is 12.9. The largest absolute Gasteiger partial charge is 0.493 e. The first kappa shape index (κ1) is 29.5. The fourth-order valence-electron chi connectivity index (χ4n) is 4.81. The zero-order valence-electron chi connectivity index (χ0n) is 24.5. The first-order valence-electron chi connectivity index (χ1n) is 14.0. The second kappa shape index (κ2) is 12.8. The van der Waals surface area contributed by atoms with E-state index in [1.807, 2.05) is 30.3 Å². The maximum absolute atomic E-state index is 12.9. The lowest BCUT2D eigenvalue weighted by Crippen LogP contribution is -2.21. The molecule has 0 aromatic heterocycles. The van der Waals surface area contributed by atoms with Gasteiger partial charge in [-0.05, 0) is 53.3 Å². The van der Waals surface area contributed by atoms with Gasteiger partial charge in [0.2, 0.25) is 5.88 Å². The van der Waals surface area contributed by atoms with Crippen molar-refractivity contribution < 1.29 is 23.7 Å². The SMILES string of the molecule is CCCCCCOc1ccc(C2C(C#N)=C(N)Oc3cc(OC(=O)c4ccc(C(C)(C)C)cc4)ccc32)cc1OC. The predicted octanol–water partition coefficient (Wildman–Crippen LogP) is 7.39. The molecule has 0 spiro atoms. The third kappa shape index (κ3) is 6.83. The van der Waals surface area contributed by atoms with Crippen LogP contribution in [0, 0.1) is 11.3 Å². The number of fused-ring (bicyclic) bond motifs is 1. The number of benzene rings is 3. The Morgan fingerprint density at radius 3 is 2.41 bits per heavy atom. The molecule has 1 heterocycles. The van der Waals surface area contributed by atoms with Gasteiger partial charge in [-0.15, -0.1) is 0 Å². The maximum Gasteiger partial charge on any atom is 0.343 e. The zero-order chi connectivity index (χ0) is 29.6. The number of nitriles is 1. The number of rotatable bonds is 10. The molecule has 1 aliphatic rings. The number of carbonyl (C=O) groups excluding carboxylic acids is 1. The van der Waals surface area contributed by atoms with Crippen molar-refractivity contribution in [3.63, 3.8) is 0 Å². The van der Waals surface area contributed by atoms with E-state index in [1.54, 1.807) is 37.4 Å². The van der Waals surface area contributed by atoms with E-state index in [-0.39, 0.29) is 16.9 Å². The van der Waals surface area contributed by atoms with E-state index in [2.05, 4.69) is 33.8 Å². The molecule has 7 nitrogen and oxygen atoms in total. The third-order valence-electron chi connectivity index (χ3n) is 7.16. The van der Waals surface area contributed by atoms with Gasteiger partial charge in [-0.2, -0.15) is 5.26 Å². The van der Waals surface area contributed by atoms with Crippen molar-refractivity contribution >= 4 is 5.97 Å². The number of hydrogen-bond donors (Lipinski definition) is 1. The molecule has 0 fully saturated rings. The first-order valence-corrected chi connectivity index (χ1v) is 14.0. The minimum absolute atomic E-state index is 0.00135. The molecule has 0 aliphatic carbocycles. The van der Waals surface area contributed by atoms with E-state index < -0.39 is 11.9 Å². The van der Waals surface area contributed by atoms with E-state index in [4.69, 9.17) is 24.7 Å². The highest BCUT2D eigenvalue weighted by atomic mass is 16.5. The molecular weight excluding hydrogens is 516 g/mol. The van der Waals surface area contributed by atoms with Crippen LogP contribution >= 0.6 is 0 Å². The van der Waals surface area contributed by atoms with Gasteiger partial charge in [0.25, 0.3) is 0 Å². The number of unbranched alkanes of at least 4 members (excludes halogenated alkanes) is 3. The molecule has 1 unspecified atom stereocenters. The number of nitrogens with two attached hydrogens (primary N) is 1. The van der Waals surface area contributed by atoms with Gasteiger partial charge in [0, 0.05) is 11.6 Å². The van der Waals surface area contributed by atoms with Gasteiger partial charge in [0.1, 0.15) is 23.1 Å². The summed E-state index contributed by atoms with van der Waals surface area (Å²) in [6.07, 6.45) is 4.43. The van der Waals surface area contributed by atoms with Crippen molar-refractivity contribution in [2.24, 2.45) is 5.73 Å². The minimum Gasteiger partial charge on any atom is -0.493 e. The molecular formula is C34H38N2O5. The summed E-state index contributed by atoms with van der Waals surface area (Å²) < 4.78 is 23.1. The Balaban J connectivity index is 1.58. The summed E-state index contributed by atoms with van der Waals surface area (Å²) in [4.78, 5) is 12.9. The average Bonchev–Trinajstić information content (AvgIpc) is 2.96. The van der Waals surface area contributed by atoms with Crippen LogP contribution in [0.15, 0.2) is 72.1 Å². The molecule has 0 radical (unpaired) electrons. The fraction of sp³-hybridized carbons (Fsp3) is 0.353. The van der Waals surface area contributed by atoms with Crippen LogP contribution in [0.25, 0.3) is 0 Å². The molecule has 1 atom stereocenters. The second-order valence-electron chi connectivity index (χ2n) is 11.2. The van der Waals surface area contributed by atoms with Crippen LogP contribution in [0.4, 0.5) is 0 Å². The molecule has 0 saturated carbocycles. The number of nitrogens with zero attached hydrogens (tertiary/aromatic N) is 1. The molecule has 41 heavy (non-hydrogen) atoms. The molecule has 7 heteroatoms. The summed E-state index contributed by atoms with van der Waals surface area (Å²) in [5, 5.41) is 9.96. The lowest BCUT2D eigenvalue weighted by atomic mass is 9.83. The Hall–Kier alpha value is -4.44. The van der Waals surface area contributed by atoms with E-state index in [0.717, 1.165) is 36.0 Å². The average molecular weight is 555 g/mol. The van der Waals surface area contributed by atoms with Crippen LogP contribution in [0.2, 0.25) is 0 Å².